The molecule has 0 fully saturated rings. The van der Waals surface area contributed by atoms with Crippen LogP contribution in [0.4, 0.5) is 0 Å². The third-order valence-electron chi connectivity index (χ3n) is 2.57. The summed E-state index contributed by atoms with van der Waals surface area (Å²) in [6.45, 7) is 0.593. The first kappa shape index (κ1) is 9.56. The Labute approximate surface area is 87.4 Å². The van der Waals surface area contributed by atoms with Gasteiger partial charge in [0.1, 0.15) is 0 Å². The molecule has 0 atom stereocenters. The lowest BCUT2D eigenvalue weighted by atomic mass is 9.99. The van der Waals surface area contributed by atoms with Crippen LogP contribution in [0.15, 0.2) is 11.2 Å². The number of aryl methyl sites for hydroxylation is 2. The van der Waals surface area contributed by atoms with Crippen molar-refractivity contribution in [1.29, 1.82) is 0 Å². The zero-order valence-corrected chi connectivity index (χ0v) is 8.89. The summed E-state index contributed by atoms with van der Waals surface area (Å²) in [4.78, 5) is 5.70. The number of hydrogen-bond donors (Lipinski definition) is 0. The van der Waals surface area contributed by atoms with Gasteiger partial charge in [-0.3, -0.25) is 0 Å². The minimum Gasteiger partial charge on any atom is -0.145 e. The van der Waals surface area contributed by atoms with Crippen LogP contribution < -0.4 is 0 Å². The summed E-state index contributed by atoms with van der Waals surface area (Å²) in [5.41, 5.74) is 9.71. The minimum absolute atomic E-state index is 0.593. The van der Waals surface area contributed by atoms with Gasteiger partial charge in [0.05, 0.1) is 0 Å². The Balaban J connectivity index is 2.04. The van der Waals surface area contributed by atoms with Gasteiger partial charge in [0, 0.05) is 21.2 Å². The van der Waals surface area contributed by atoms with Crippen LogP contribution in [0.5, 0.6) is 0 Å². The van der Waals surface area contributed by atoms with E-state index in [1.165, 1.54) is 36.1 Å². The lowest BCUT2D eigenvalue weighted by Crippen LogP contribution is -1.96. The van der Waals surface area contributed by atoms with Gasteiger partial charge >= 0.3 is 0 Å². The number of rotatable bonds is 3. The monoisotopic (exact) mass is 207 g/mol. The maximum absolute atomic E-state index is 8.17. The Morgan fingerprint density at radius 1 is 1.43 bits per heavy atom. The molecule has 1 aromatic heterocycles. The molecule has 1 heterocycles. The molecule has 1 aromatic rings. The van der Waals surface area contributed by atoms with Crippen molar-refractivity contribution in [2.24, 2.45) is 5.11 Å². The van der Waals surface area contributed by atoms with Crippen molar-refractivity contribution in [3.8, 4) is 0 Å². The van der Waals surface area contributed by atoms with Gasteiger partial charge in [-0.1, -0.05) is 5.11 Å². The number of azide groups is 1. The van der Waals surface area contributed by atoms with Crippen LogP contribution in [-0.4, -0.2) is 6.54 Å². The van der Waals surface area contributed by atoms with E-state index in [0.717, 1.165) is 6.42 Å². The van der Waals surface area contributed by atoms with Gasteiger partial charge in [0.15, 0.2) is 0 Å². The third-order valence-corrected chi connectivity index (χ3v) is 3.87. The Hall–Kier alpha value is -0.990. The van der Waals surface area contributed by atoms with Crippen molar-refractivity contribution in [2.45, 2.75) is 32.1 Å². The molecule has 0 saturated heterocycles. The maximum Gasteiger partial charge on any atom is 0.0306 e. The van der Waals surface area contributed by atoms with Crippen LogP contribution in [0.3, 0.4) is 0 Å². The van der Waals surface area contributed by atoms with Gasteiger partial charge in [-0.2, -0.15) is 0 Å². The normalized spacial score (nSPS) is 14.6. The second-order valence-electron chi connectivity index (χ2n) is 3.57. The van der Waals surface area contributed by atoms with Crippen LogP contribution in [-0.2, 0) is 19.3 Å². The molecular formula is C10H13N3S. The summed E-state index contributed by atoms with van der Waals surface area (Å²) < 4.78 is 0. The summed E-state index contributed by atoms with van der Waals surface area (Å²) >= 11 is 1.90. The molecule has 0 N–H and O–H groups in total. The van der Waals surface area contributed by atoms with Gasteiger partial charge in [0.2, 0.25) is 0 Å². The first-order valence-corrected chi connectivity index (χ1v) is 5.83. The highest BCUT2D eigenvalue weighted by atomic mass is 32.1. The van der Waals surface area contributed by atoms with Gasteiger partial charge in [-0.05, 0) is 49.3 Å². The van der Waals surface area contributed by atoms with Gasteiger partial charge in [-0.15, -0.1) is 11.3 Å². The van der Waals surface area contributed by atoms with Crippen LogP contribution in [0, 0.1) is 0 Å². The van der Waals surface area contributed by atoms with E-state index >= 15 is 0 Å². The fraction of sp³-hybridized carbons (Fsp3) is 0.600. The first-order valence-electron chi connectivity index (χ1n) is 5.01. The average Bonchev–Trinajstić information content (AvgIpc) is 2.60. The second kappa shape index (κ2) is 4.49. The lowest BCUT2D eigenvalue weighted by molar-refractivity contribution is 0.697. The molecule has 0 radical (unpaired) electrons. The summed E-state index contributed by atoms with van der Waals surface area (Å²) in [5.74, 6) is 0. The van der Waals surface area contributed by atoms with Crippen molar-refractivity contribution in [3.63, 3.8) is 0 Å². The predicted molar refractivity (Wildman–Crippen MR) is 58.7 cm³/mol. The molecule has 0 aliphatic heterocycles. The van der Waals surface area contributed by atoms with E-state index in [2.05, 4.69) is 16.1 Å². The topological polar surface area (TPSA) is 48.8 Å². The largest absolute Gasteiger partial charge is 0.145 e. The molecule has 4 heteroatoms. The zero-order valence-electron chi connectivity index (χ0n) is 8.07. The van der Waals surface area contributed by atoms with Crippen molar-refractivity contribution in [2.75, 3.05) is 6.54 Å². The summed E-state index contributed by atoms with van der Waals surface area (Å²) in [6, 6.07) is 2.30. The van der Waals surface area contributed by atoms with E-state index < -0.39 is 0 Å². The standard InChI is InChI=1S/C10H13N3S/c11-13-12-6-5-9-7-8-3-1-2-4-10(8)14-9/h7H,1-6H2. The molecule has 0 bridgehead atoms. The third kappa shape index (κ3) is 2.08. The van der Waals surface area contributed by atoms with Crippen LogP contribution in [0.25, 0.3) is 10.4 Å². The quantitative estimate of drug-likeness (QED) is 0.414. The summed E-state index contributed by atoms with van der Waals surface area (Å²) in [5, 5.41) is 3.56. The summed E-state index contributed by atoms with van der Waals surface area (Å²) in [6.07, 6.45) is 6.07. The Morgan fingerprint density at radius 3 is 3.07 bits per heavy atom. The zero-order chi connectivity index (χ0) is 9.80. The molecule has 0 saturated carbocycles. The van der Waals surface area contributed by atoms with Crippen molar-refractivity contribution in [3.05, 3.63) is 31.8 Å². The smallest absolute Gasteiger partial charge is 0.0306 e. The molecule has 0 amide bonds. The number of nitrogens with zero attached hydrogens (tertiary/aromatic N) is 3. The van der Waals surface area contributed by atoms with E-state index in [4.69, 9.17) is 5.53 Å². The van der Waals surface area contributed by atoms with E-state index in [1.54, 1.807) is 4.88 Å². The molecule has 74 valence electrons. The molecule has 3 nitrogen and oxygen atoms in total. The Bertz CT molecular complexity index is 340. The van der Waals surface area contributed by atoms with E-state index in [1.807, 2.05) is 11.3 Å². The fourth-order valence-electron chi connectivity index (χ4n) is 1.88. The highest BCUT2D eigenvalue weighted by Gasteiger charge is 2.12. The van der Waals surface area contributed by atoms with Gasteiger partial charge < -0.3 is 0 Å². The molecule has 0 aromatic carbocycles. The van der Waals surface area contributed by atoms with Crippen LogP contribution >= 0.6 is 11.3 Å². The van der Waals surface area contributed by atoms with Crippen molar-refractivity contribution < 1.29 is 0 Å². The second-order valence-corrected chi connectivity index (χ2v) is 4.79. The highest BCUT2D eigenvalue weighted by Crippen LogP contribution is 2.29. The highest BCUT2D eigenvalue weighted by molar-refractivity contribution is 7.12. The SMILES string of the molecule is [N-]=[N+]=NCCc1cc2c(s1)CCCC2. The number of thiophene rings is 1. The minimum atomic E-state index is 0.593. The Morgan fingerprint density at radius 2 is 2.29 bits per heavy atom. The molecule has 0 spiro atoms. The fourth-order valence-corrected chi connectivity index (χ4v) is 3.13. The average molecular weight is 207 g/mol. The number of fused-ring (bicyclic) bond motifs is 1. The summed E-state index contributed by atoms with van der Waals surface area (Å²) in [7, 11) is 0. The molecule has 1 aliphatic rings. The van der Waals surface area contributed by atoms with E-state index in [9.17, 15) is 0 Å². The lowest BCUT2D eigenvalue weighted by Gasteiger charge is -2.08. The van der Waals surface area contributed by atoms with Crippen LogP contribution in [0.1, 0.15) is 28.2 Å². The first-order chi connectivity index (χ1) is 6.90. The van der Waals surface area contributed by atoms with E-state index in [-0.39, 0.29) is 0 Å². The van der Waals surface area contributed by atoms with Crippen LogP contribution in [0.2, 0.25) is 0 Å². The molecule has 14 heavy (non-hydrogen) atoms. The molecule has 1 aliphatic carbocycles. The predicted octanol–water partition coefficient (Wildman–Crippen LogP) is 3.48. The Kier molecular flexibility index (Phi) is 3.07. The van der Waals surface area contributed by atoms with Crippen molar-refractivity contribution >= 4 is 11.3 Å². The molecular weight excluding hydrogens is 194 g/mol. The maximum atomic E-state index is 8.17. The van der Waals surface area contributed by atoms with Gasteiger partial charge in [0.25, 0.3) is 0 Å². The molecule has 2 rings (SSSR count). The molecule has 0 unspecified atom stereocenters. The van der Waals surface area contributed by atoms with E-state index in [0.29, 0.717) is 6.54 Å². The van der Waals surface area contributed by atoms with Crippen molar-refractivity contribution in [1.82, 2.24) is 0 Å². The number of hydrogen-bond acceptors (Lipinski definition) is 2. The van der Waals surface area contributed by atoms with Gasteiger partial charge in [-0.25, -0.2) is 0 Å².